The summed E-state index contributed by atoms with van der Waals surface area (Å²) < 4.78 is 1.03. The normalized spacial score (nSPS) is 10.3. The van der Waals surface area contributed by atoms with Gasteiger partial charge in [0.2, 0.25) is 5.91 Å². The lowest BCUT2D eigenvalue weighted by Crippen LogP contribution is -2.15. The molecule has 0 aliphatic rings. The summed E-state index contributed by atoms with van der Waals surface area (Å²) in [5, 5.41) is 2.83. The van der Waals surface area contributed by atoms with Crippen LogP contribution < -0.4 is 11.1 Å². The molecule has 0 atom stereocenters. The van der Waals surface area contributed by atoms with Gasteiger partial charge < -0.3 is 11.1 Å². The Kier molecular flexibility index (Phi) is 5.09. The van der Waals surface area contributed by atoms with Crippen LogP contribution in [-0.4, -0.2) is 11.7 Å². The monoisotopic (exact) mass is 350 g/mol. The van der Waals surface area contributed by atoms with E-state index in [-0.39, 0.29) is 5.91 Å². The number of carbonyl (C=O) groups is 1. The second-order valence-corrected chi connectivity index (χ2v) is 6.35. The van der Waals surface area contributed by atoms with Crippen molar-refractivity contribution in [3.05, 3.63) is 52.5 Å². The zero-order valence-electron chi connectivity index (χ0n) is 11.0. The predicted octanol–water partition coefficient (Wildman–Crippen LogP) is 4.07. The molecule has 0 heterocycles. The highest BCUT2D eigenvalue weighted by Crippen LogP contribution is 2.22. The van der Waals surface area contributed by atoms with Crippen LogP contribution in [0.15, 0.2) is 51.8 Å². The highest BCUT2D eigenvalue weighted by molar-refractivity contribution is 9.10. The summed E-state index contributed by atoms with van der Waals surface area (Å²) in [6, 6.07) is 13.5. The molecule has 5 heteroatoms. The molecule has 0 fully saturated rings. The fraction of sp³-hybridized carbons (Fsp3) is 0.133. The van der Waals surface area contributed by atoms with E-state index in [0.29, 0.717) is 17.1 Å². The number of aryl methyl sites for hydroxylation is 1. The Labute approximate surface area is 131 Å². The van der Waals surface area contributed by atoms with Crippen LogP contribution in [0, 0.1) is 6.92 Å². The van der Waals surface area contributed by atoms with Crippen molar-refractivity contribution in [1.29, 1.82) is 0 Å². The molecule has 0 unspecified atom stereocenters. The minimum Gasteiger partial charge on any atom is -0.397 e. The van der Waals surface area contributed by atoms with Crippen LogP contribution in [0.5, 0.6) is 0 Å². The smallest absolute Gasteiger partial charge is 0.234 e. The Bertz CT molecular complexity index is 614. The molecule has 0 radical (unpaired) electrons. The fourth-order valence-corrected chi connectivity index (χ4v) is 2.62. The number of nitrogen functional groups attached to an aromatic ring is 1. The Morgan fingerprint density at radius 3 is 2.60 bits per heavy atom. The van der Waals surface area contributed by atoms with Crippen LogP contribution in [0.3, 0.4) is 0 Å². The molecule has 3 N–H and O–H groups in total. The number of hydrogen-bond acceptors (Lipinski definition) is 3. The van der Waals surface area contributed by atoms with Gasteiger partial charge in [0.15, 0.2) is 0 Å². The van der Waals surface area contributed by atoms with E-state index in [1.165, 1.54) is 11.8 Å². The predicted molar refractivity (Wildman–Crippen MR) is 89.1 cm³/mol. The first-order valence-electron chi connectivity index (χ1n) is 6.09. The average molecular weight is 351 g/mol. The van der Waals surface area contributed by atoms with Crippen molar-refractivity contribution < 1.29 is 4.79 Å². The fourth-order valence-electron chi connectivity index (χ4n) is 1.66. The lowest BCUT2D eigenvalue weighted by atomic mass is 10.2. The topological polar surface area (TPSA) is 55.1 Å². The zero-order valence-corrected chi connectivity index (χ0v) is 13.4. The molecule has 104 valence electrons. The number of anilines is 2. The Morgan fingerprint density at radius 1 is 1.25 bits per heavy atom. The van der Waals surface area contributed by atoms with E-state index in [9.17, 15) is 4.79 Å². The number of benzene rings is 2. The SMILES string of the molecule is Cc1ccc(NC(=O)CSc2ccc(Br)cc2)c(N)c1. The second kappa shape index (κ2) is 6.81. The van der Waals surface area contributed by atoms with Crippen LogP contribution >= 0.6 is 27.7 Å². The Hall–Kier alpha value is -1.46. The average Bonchev–Trinajstić information content (AvgIpc) is 2.41. The summed E-state index contributed by atoms with van der Waals surface area (Å²) >= 11 is 4.87. The molecule has 1 amide bonds. The van der Waals surface area contributed by atoms with Crippen LogP contribution in [0.25, 0.3) is 0 Å². The molecule has 0 aromatic heterocycles. The third kappa shape index (κ3) is 4.28. The van der Waals surface area contributed by atoms with Crippen LogP contribution in [0.4, 0.5) is 11.4 Å². The van der Waals surface area contributed by atoms with Crippen molar-refractivity contribution in [1.82, 2.24) is 0 Å². The number of hydrogen-bond donors (Lipinski definition) is 2. The highest BCUT2D eigenvalue weighted by atomic mass is 79.9. The third-order valence-corrected chi connectivity index (χ3v) is 4.21. The number of carbonyl (C=O) groups excluding carboxylic acids is 1. The van der Waals surface area contributed by atoms with Gasteiger partial charge in [0.05, 0.1) is 17.1 Å². The standard InChI is InChI=1S/C15H15BrN2OS/c1-10-2-7-14(13(17)8-10)18-15(19)9-20-12-5-3-11(16)4-6-12/h2-8H,9,17H2,1H3,(H,18,19). The first-order chi connectivity index (χ1) is 9.54. The summed E-state index contributed by atoms with van der Waals surface area (Å²) in [4.78, 5) is 12.9. The van der Waals surface area contributed by atoms with Gasteiger partial charge >= 0.3 is 0 Å². The van der Waals surface area contributed by atoms with E-state index in [1.54, 1.807) is 0 Å². The molecule has 2 aromatic carbocycles. The van der Waals surface area contributed by atoms with Gasteiger partial charge in [-0.25, -0.2) is 0 Å². The van der Waals surface area contributed by atoms with Crippen molar-refractivity contribution in [2.24, 2.45) is 0 Å². The minimum absolute atomic E-state index is 0.0616. The van der Waals surface area contributed by atoms with Gasteiger partial charge in [-0.1, -0.05) is 22.0 Å². The van der Waals surface area contributed by atoms with Gasteiger partial charge in [0, 0.05) is 9.37 Å². The second-order valence-electron chi connectivity index (χ2n) is 4.38. The van der Waals surface area contributed by atoms with Crippen molar-refractivity contribution in [3.8, 4) is 0 Å². The van der Waals surface area contributed by atoms with Gasteiger partial charge in [-0.2, -0.15) is 0 Å². The van der Waals surface area contributed by atoms with E-state index >= 15 is 0 Å². The van der Waals surface area contributed by atoms with Crippen molar-refractivity contribution in [3.63, 3.8) is 0 Å². The quantitative estimate of drug-likeness (QED) is 0.645. The number of nitrogens with two attached hydrogens (primary N) is 1. The molecule has 0 bridgehead atoms. The van der Waals surface area contributed by atoms with E-state index in [0.717, 1.165) is 14.9 Å². The number of rotatable bonds is 4. The highest BCUT2D eigenvalue weighted by Gasteiger charge is 2.06. The van der Waals surface area contributed by atoms with E-state index in [2.05, 4.69) is 21.2 Å². The molecule has 2 rings (SSSR count). The summed E-state index contributed by atoms with van der Waals surface area (Å²) in [6.45, 7) is 1.96. The van der Waals surface area contributed by atoms with E-state index < -0.39 is 0 Å². The van der Waals surface area contributed by atoms with Gasteiger partial charge in [-0.05, 0) is 48.9 Å². The number of halogens is 1. The van der Waals surface area contributed by atoms with Crippen LogP contribution in [0.2, 0.25) is 0 Å². The van der Waals surface area contributed by atoms with E-state index in [1.807, 2.05) is 49.4 Å². The number of thioether (sulfide) groups is 1. The molecule has 0 aliphatic carbocycles. The molecular weight excluding hydrogens is 336 g/mol. The molecule has 0 saturated carbocycles. The van der Waals surface area contributed by atoms with Gasteiger partial charge in [-0.3, -0.25) is 4.79 Å². The van der Waals surface area contributed by atoms with E-state index in [4.69, 9.17) is 5.73 Å². The van der Waals surface area contributed by atoms with Crippen molar-refractivity contribution >= 4 is 45.0 Å². The molecule has 0 spiro atoms. The maximum atomic E-state index is 11.9. The lowest BCUT2D eigenvalue weighted by Gasteiger charge is -2.08. The van der Waals surface area contributed by atoms with Crippen molar-refractivity contribution in [2.75, 3.05) is 16.8 Å². The van der Waals surface area contributed by atoms with Crippen LogP contribution in [0.1, 0.15) is 5.56 Å². The molecule has 0 aliphatic heterocycles. The maximum absolute atomic E-state index is 11.9. The Morgan fingerprint density at radius 2 is 1.95 bits per heavy atom. The molecular formula is C15H15BrN2OS. The molecule has 2 aromatic rings. The summed E-state index contributed by atoms with van der Waals surface area (Å²) in [7, 11) is 0. The molecule has 20 heavy (non-hydrogen) atoms. The maximum Gasteiger partial charge on any atom is 0.234 e. The zero-order chi connectivity index (χ0) is 14.5. The third-order valence-electron chi connectivity index (χ3n) is 2.66. The minimum atomic E-state index is -0.0616. The van der Waals surface area contributed by atoms with Gasteiger partial charge in [-0.15, -0.1) is 11.8 Å². The first kappa shape index (κ1) is 14.9. The summed E-state index contributed by atoms with van der Waals surface area (Å²) in [6.07, 6.45) is 0. The first-order valence-corrected chi connectivity index (χ1v) is 7.87. The number of nitrogens with one attached hydrogen (secondary N) is 1. The summed E-state index contributed by atoms with van der Waals surface area (Å²) in [5.41, 5.74) is 8.19. The molecule has 0 saturated heterocycles. The number of amides is 1. The van der Waals surface area contributed by atoms with Gasteiger partial charge in [0.1, 0.15) is 0 Å². The van der Waals surface area contributed by atoms with Gasteiger partial charge in [0.25, 0.3) is 0 Å². The summed E-state index contributed by atoms with van der Waals surface area (Å²) in [5.74, 6) is 0.294. The van der Waals surface area contributed by atoms with Crippen LogP contribution in [-0.2, 0) is 4.79 Å². The largest absolute Gasteiger partial charge is 0.397 e. The Balaban J connectivity index is 1.90. The lowest BCUT2D eigenvalue weighted by molar-refractivity contribution is -0.113. The molecule has 3 nitrogen and oxygen atoms in total. The van der Waals surface area contributed by atoms with Crippen molar-refractivity contribution in [2.45, 2.75) is 11.8 Å².